The quantitative estimate of drug-likeness (QED) is 0.777. The number of halogens is 1. The van der Waals surface area contributed by atoms with Crippen LogP contribution in [0.25, 0.3) is 0 Å². The van der Waals surface area contributed by atoms with Gasteiger partial charge in [0.1, 0.15) is 10.7 Å². The van der Waals surface area contributed by atoms with Crippen LogP contribution in [0.15, 0.2) is 23.1 Å². The Labute approximate surface area is 117 Å². The molecule has 1 aromatic carbocycles. The predicted octanol–water partition coefficient (Wildman–Crippen LogP) is 0.178. The fourth-order valence-electron chi connectivity index (χ4n) is 2.17. The summed E-state index contributed by atoms with van der Waals surface area (Å²) in [7, 11) is -3.97. The van der Waals surface area contributed by atoms with Crippen LogP contribution in [0.2, 0.25) is 0 Å². The molecule has 1 aromatic rings. The van der Waals surface area contributed by atoms with Crippen molar-refractivity contribution in [2.75, 3.05) is 25.4 Å². The van der Waals surface area contributed by atoms with Crippen LogP contribution in [0.3, 0.4) is 0 Å². The van der Waals surface area contributed by atoms with E-state index in [0.717, 1.165) is 16.4 Å². The normalized spacial score (nSPS) is 24.8. The number of hydrogen-bond donors (Lipinski definition) is 2. The Morgan fingerprint density at radius 1 is 1.50 bits per heavy atom. The molecule has 2 rings (SSSR count). The van der Waals surface area contributed by atoms with E-state index in [4.69, 9.17) is 15.6 Å². The molecule has 3 N–H and O–H groups in total. The molecule has 1 fully saturated rings. The molecule has 2 unspecified atom stereocenters. The Morgan fingerprint density at radius 3 is 2.80 bits per heavy atom. The summed E-state index contributed by atoms with van der Waals surface area (Å²) in [6.07, 6.45) is -0.974. The Kier molecular flexibility index (Phi) is 4.28. The van der Waals surface area contributed by atoms with E-state index in [1.807, 2.05) is 0 Å². The lowest BCUT2D eigenvalue weighted by Gasteiger charge is -2.35. The van der Waals surface area contributed by atoms with Gasteiger partial charge in [0, 0.05) is 18.8 Å². The molecule has 0 saturated carbocycles. The number of rotatable bonds is 3. The number of nitrogen functional groups attached to an aromatic ring is 1. The number of hydrogen-bond acceptors (Lipinski definition) is 5. The van der Waals surface area contributed by atoms with Gasteiger partial charge in [-0.3, -0.25) is 0 Å². The highest BCUT2D eigenvalue weighted by molar-refractivity contribution is 7.89. The molecule has 8 heteroatoms. The molecule has 1 aliphatic heterocycles. The van der Waals surface area contributed by atoms with Crippen molar-refractivity contribution in [2.24, 2.45) is 0 Å². The number of benzene rings is 1. The van der Waals surface area contributed by atoms with Crippen LogP contribution in [0.1, 0.15) is 6.92 Å². The first-order chi connectivity index (χ1) is 9.34. The van der Waals surface area contributed by atoms with Crippen molar-refractivity contribution in [3.8, 4) is 0 Å². The van der Waals surface area contributed by atoms with Gasteiger partial charge >= 0.3 is 0 Å². The summed E-state index contributed by atoms with van der Waals surface area (Å²) in [5.74, 6) is -0.885. The highest BCUT2D eigenvalue weighted by Gasteiger charge is 2.34. The van der Waals surface area contributed by atoms with Crippen LogP contribution in [0.4, 0.5) is 10.1 Å². The van der Waals surface area contributed by atoms with Gasteiger partial charge < -0.3 is 15.6 Å². The zero-order chi connectivity index (χ0) is 14.9. The van der Waals surface area contributed by atoms with Crippen molar-refractivity contribution in [3.63, 3.8) is 0 Å². The van der Waals surface area contributed by atoms with Gasteiger partial charge in [0.15, 0.2) is 0 Å². The lowest BCUT2D eigenvalue weighted by Crippen LogP contribution is -2.50. The minimum atomic E-state index is -3.97. The second-order valence-corrected chi connectivity index (χ2v) is 6.67. The monoisotopic (exact) mass is 304 g/mol. The van der Waals surface area contributed by atoms with E-state index in [1.165, 1.54) is 6.07 Å². The summed E-state index contributed by atoms with van der Waals surface area (Å²) >= 11 is 0. The van der Waals surface area contributed by atoms with Crippen molar-refractivity contribution >= 4 is 15.7 Å². The molecule has 0 amide bonds. The van der Waals surface area contributed by atoms with Gasteiger partial charge in [-0.15, -0.1) is 0 Å². The first-order valence-corrected chi connectivity index (χ1v) is 7.60. The van der Waals surface area contributed by atoms with Crippen LogP contribution in [-0.2, 0) is 14.8 Å². The van der Waals surface area contributed by atoms with Crippen LogP contribution in [0, 0.1) is 5.82 Å². The van der Waals surface area contributed by atoms with E-state index in [0.29, 0.717) is 0 Å². The molecule has 0 bridgehead atoms. The van der Waals surface area contributed by atoms with Crippen molar-refractivity contribution in [3.05, 3.63) is 24.0 Å². The number of anilines is 1. The third-order valence-corrected chi connectivity index (χ3v) is 4.94. The third kappa shape index (κ3) is 2.93. The van der Waals surface area contributed by atoms with E-state index in [9.17, 15) is 12.8 Å². The SMILES string of the molecule is CC1CN(S(=O)(=O)c2ccc(N)cc2F)CC(CO)O1. The molecule has 1 heterocycles. The standard InChI is InChI=1S/C12H17FN2O4S/c1-8-5-15(6-10(7-16)19-8)20(17,18)12-3-2-9(14)4-11(12)13/h2-4,8,10,16H,5-7,14H2,1H3. The van der Waals surface area contributed by atoms with E-state index in [1.54, 1.807) is 6.92 Å². The maximum absolute atomic E-state index is 13.8. The fraction of sp³-hybridized carbons (Fsp3) is 0.500. The molecule has 0 radical (unpaired) electrons. The van der Waals surface area contributed by atoms with Crippen molar-refractivity contribution in [2.45, 2.75) is 24.0 Å². The predicted molar refractivity (Wildman–Crippen MR) is 71.0 cm³/mol. The maximum Gasteiger partial charge on any atom is 0.246 e. The topological polar surface area (TPSA) is 92.9 Å². The smallest absolute Gasteiger partial charge is 0.246 e. The summed E-state index contributed by atoms with van der Waals surface area (Å²) in [5, 5.41) is 9.12. The molecule has 6 nitrogen and oxygen atoms in total. The van der Waals surface area contributed by atoms with Gasteiger partial charge in [-0.05, 0) is 25.1 Å². The second kappa shape index (κ2) is 5.65. The number of ether oxygens (including phenoxy) is 1. The van der Waals surface area contributed by atoms with Crippen molar-refractivity contribution in [1.29, 1.82) is 0 Å². The first kappa shape index (κ1) is 15.2. The molecular formula is C12H17FN2O4S. The molecule has 112 valence electrons. The first-order valence-electron chi connectivity index (χ1n) is 6.16. The number of sulfonamides is 1. The minimum absolute atomic E-state index is 0.00695. The van der Waals surface area contributed by atoms with Crippen molar-refractivity contribution < 1.29 is 22.7 Å². The fourth-order valence-corrected chi connectivity index (χ4v) is 3.76. The van der Waals surface area contributed by atoms with Crippen LogP contribution < -0.4 is 5.73 Å². The number of nitrogens with zero attached hydrogens (tertiary/aromatic N) is 1. The van der Waals surface area contributed by atoms with Gasteiger partial charge in [0.2, 0.25) is 10.0 Å². The van der Waals surface area contributed by atoms with Gasteiger partial charge in [0.05, 0.1) is 18.8 Å². The molecule has 1 saturated heterocycles. The van der Waals surface area contributed by atoms with E-state index < -0.39 is 26.8 Å². The Balaban J connectivity index is 2.34. The highest BCUT2D eigenvalue weighted by Crippen LogP contribution is 2.24. The van der Waals surface area contributed by atoms with Crippen LogP contribution in [0.5, 0.6) is 0 Å². The van der Waals surface area contributed by atoms with Crippen molar-refractivity contribution in [1.82, 2.24) is 4.31 Å². The van der Waals surface area contributed by atoms with Crippen LogP contribution >= 0.6 is 0 Å². The number of nitrogens with two attached hydrogens (primary N) is 1. The lowest BCUT2D eigenvalue weighted by atomic mass is 10.2. The average Bonchev–Trinajstić information content (AvgIpc) is 2.37. The summed E-state index contributed by atoms with van der Waals surface area (Å²) < 4.78 is 45.2. The molecule has 1 aliphatic rings. The summed E-state index contributed by atoms with van der Waals surface area (Å²) in [6.45, 7) is 1.51. The Bertz CT molecular complexity index is 593. The summed E-state index contributed by atoms with van der Waals surface area (Å²) in [4.78, 5) is -0.419. The molecule has 0 spiro atoms. The summed E-state index contributed by atoms with van der Waals surface area (Å²) in [5.41, 5.74) is 5.57. The van der Waals surface area contributed by atoms with Gasteiger partial charge in [-0.1, -0.05) is 0 Å². The minimum Gasteiger partial charge on any atom is -0.399 e. The molecule has 0 aliphatic carbocycles. The maximum atomic E-state index is 13.8. The molecule has 20 heavy (non-hydrogen) atoms. The molecule has 2 atom stereocenters. The van der Waals surface area contributed by atoms with Gasteiger partial charge in [-0.2, -0.15) is 4.31 Å². The Hall–Kier alpha value is -1.22. The van der Waals surface area contributed by atoms with E-state index in [-0.39, 0.29) is 31.5 Å². The average molecular weight is 304 g/mol. The number of morpholine rings is 1. The zero-order valence-corrected chi connectivity index (χ0v) is 11.8. The second-order valence-electron chi connectivity index (χ2n) is 4.76. The van der Waals surface area contributed by atoms with E-state index >= 15 is 0 Å². The van der Waals surface area contributed by atoms with E-state index in [2.05, 4.69) is 0 Å². The largest absolute Gasteiger partial charge is 0.399 e. The zero-order valence-electron chi connectivity index (χ0n) is 11.0. The third-order valence-electron chi connectivity index (χ3n) is 3.07. The number of aliphatic hydroxyl groups is 1. The lowest BCUT2D eigenvalue weighted by molar-refractivity contribution is -0.0750. The van der Waals surface area contributed by atoms with Gasteiger partial charge in [-0.25, -0.2) is 12.8 Å². The molecule has 0 aromatic heterocycles. The molecular weight excluding hydrogens is 287 g/mol. The highest BCUT2D eigenvalue weighted by atomic mass is 32.2. The van der Waals surface area contributed by atoms with Gasteiger partial charge in [0.25, 0.3) is 0 Å². The Morgan fingerprint density at radius 2 is 2.20 bits per heavy atom. The van der Waals surface area contributed by atoms with Crippen LogP contribution in [-0.4, -0.2) is 49.7 Å². The number of aliphatic hydroxyl groups excluding tert-OH is 1. The summed E-state index contributed by atoms with van der Waals surface area (Å²) in [6, 6.07) is 3.46.